The number of hydrogen-bond acceptors (Lipinski definition) is 3. The number of nitrogens with two attached hydrogens (primary N) is 1. The maximum atomic E-state index is 11.9. The summed E-state index contributed by atoms with van der Waals surface area (Å²) in [7, 11) is -3.04. The van der Waals surface area contributed by atoms with E-state index in [1.807, 2.05) is 24.3 Å². The number of sulfone groups is 1. The maximum absolute atomic E-state index is 11.9. The molecule has 1 rings (SSSR count). The molecule has 2 N–H and O–H groups in total. The van der Waals surface area contributed by atoms with E-state index in [1.165, 1.54) is 0 Å². The van der Waals surface area contributed by atoms with E-state index < -0.39 is 14.6 Å². The second-order valence-corrected chi connectivity index (χ2v) is 8.06. The van der Waals surface area contributed by atoms with Crippen molar-refractivity contribution in [3.8, 4) is 0 Å². The van der Waals surface area contributed by atoms with Crippen molar-refractivity contribution in [3.05, 3.63) is 35.4 Å². The third-order valence-corrected chi connectivity index (χ3v) is 5.46. The summed E-state index contributed by atoms with van der Waals surface area (Å²) in [4.78, 5) is 0. The first-order valence-electron chi connectivity index (χ1n) is 5.76. The normalized spacial score (nSPS) is 12.7. The lowest BCUT2D eigenvalue weighted by atomic mass is 10.1. The Morgan fingerprint density at radius 3 is 1.94 bits per heavy atom. The van der Waals surface area contributed by atoms with Crippen molar-refractivity contribution in [2.45, 2.75) is 38.5 Å². The quantitative estimate of drug-likeness (QED) is 0.894. The Bertz CT molecular complexity index is 455. The predicted octanol–water partition coefficient (Wildman–Crippen LogP) is 1.90. The van der Waals surface area contributed by atoms with Crippen molar-refractivity contribution >= 4 is 9.84 Å². The number of hydrogen-bond donors (Lipinski definition) is 1. The summed E-state index contributed by atoms with van der Waals surface area (Å²) in [5, 5.41) is 0. The Morgan fingerprint density at radius 2 is 1.53 bits per heavy atom. The molecule has 3 nitrogen and oxygen atoms in total. The lowest BCUT2D eigenvalue weighted by molar-refractivity contribution is 0.559. The Balaban J connectivity index is 2.68. The van der Waals surface area contributed by atoms with Gasteiger partial charge in [-0.05, 0) is 38.3 Å². The van der Waals surface area contributed by atoms with Crippen molar-refractivity contribution in [1.82, 2.24) is 0 Å². The molecule has 1 aromatic rings. The van der Waals surface area contributed by atoms with Crippen LogP contribution in [-0.2, 0) is 22.8 Å². The van der Waals surface area contributed by atoms with Crippen LogP contribution in [0.4, 0.5) is 0 Å². The molecule has 96 valence electrons. The molecule has 0 saturated heterocycles. The molecule has 0 bridgehead atoms. The number of rotatable bonds is 4. The molecule has 0 atom stereocenters. The van der Waals surface area contributed by atoms with Gasteiger partial charge in [-0.3, -0.25) is 0 Å². The highest BCUT2D eigenvalue weighted by atomic mass is 32.2. The molecule has 0 spiro atoms. The van der Waals surface area contributed by atoms with E-state index in [0.29, 0.717) is 13.0 Å². The van der Waals surface area contributed by atoms with Crippen LogP contribution in [0.25, 0.3) is 0 Å². The number of benzene rings is 1. The molecular weight excluding hydrogens is 234 g/mol. The molecular formula is C13H21NO2S. The molecule has 0 saturated carbocycles. The summed E-state index contributed by atoms with van der Waals surface area (Å²) in [6.45, 7) is 5.72. The first-order valence-corrected chi connectivity index (χ1v) is 7.42. The van der Waals surface area contributed by atoms with E-state index in [1.54, 1.807) is 20.8 Å². The van der Waals surface area contributed by atoms with Gasteiger partial charge >= 0.3 is 0 Å². The van der Waals surface area contributed by atoms with Gasteiger partial charge in [0.25, 0.3) is 0 Å². The van der Waals surface area contributed by atoms with E-state index in [9.17, 15) is 8.42 Å². The van der Waals surface area contributed by atoms with Gasteiger partial charge in [-0.1, -0.05) is 24.3 Å². The van der Waals surface area contributed by atoms with Gasteiger partial charge in [0.05, 0.1) is 10.5 Å². The van der Waals surface area contributed by atoms with Crippen LogP contribution in [0.1, 0.15) is 31.9 Å². The number of aryl methyl sites for hydroxylation is 1. The van der Waals surface area contributed by atoms with Crippen molar-refractivity contribution in [1.29, 1.82) is 0 Å². The Morgan fingerprint density at radius 1 is 1.06 bits per heavy atom. The standard InChI is InChI=1S/C13H21NO2S/c1-13(2,3)17(15,16)9-8-11-4-6-12(10-14)7-5-11/h4-7H,8-10,14H2,1-3H3. The van der Waals surface area contributed by atoms with Crippen LogP contribution in [0.15, 0.2) is 24.3 Å². The first-order chi connectivity index (χ1) is 7.76. The molecule has 0 aliphatic heterocycles. The third kappa shape index (κ3) is 3.82. The molecule has 4 heteroatoms. The molecule has 0 amide bonds. The minimum Gasteiger partial charge on any atom is -0.326 e. The summed E-state index contributed by atoms with van der Waals surface area (Å²) in [5.74, 6) is 0.193. The molecule has 0 aromatic heterocycles. The van der Waals surface area contributed by atoms with Gasteiger partial charge in [-0.2, -0.15) is 0 Å². The van der Waals surface area contributed by atoms with E-state index in [4.69, 9.17) is 5.73 Å². The van der Waals surface area contributed by atoms with Crippen molar-refractivity contribution in [2.24, 2.45) is 5.73 Å². The Kier molecular flexibility index (Phi) is 4.33. The molecule has 0 radical (unpaired) electrons. The van der Waals surface area contributed by atoms with E-state index >= 15 is 0 Å². The lowest BCUT2D eigenvalue weighted by Gasteiger charge is -2.19. The minimum atomic E-state index is -3.04. The molecule has 0 heterocycles. The summed E-state index contributed by atoms with van der Waals surface area (Å²) in [5.41, 5.74) is 7.60. The summed E-state index contributed by atoms with van der Waals surface area (Å²) in [6, 6.07) is 7.78. The van der Waals surface area contributed by atoms with Gasteiger partial charge in [0, 0.05) is 6.54 Å². The maximum Gasteiger partial charge on any atom is 0.155 e. The average molecular weight is 255 g/mol. The van der Waals surface area contributed by atoms with Crippen molar-refractivity contribution in [3.63, 3.8) is 0 Å². The van der Waals surface area contributed by atoms with Crippen LogP contribution < -0.4 is 5.73 Å². The summed E-state index contributed by atoms with van der Waals surface area (Å²) >= 11 is 0. The minimum absolute atomic E-state index is 0.193. The second-order valence-electron chi connectivity index (χ2n) is 5.20. The van der Waals surface area contributed by atoms with Gasteiger partial charge in [0.2, 0.25) is 0 Å². The van der Waals surface area contributed by atoms with Crippen LogP contribution in [0.2, 0.25) is 0 Å². The molecule has 0 unspecified atom stereocenters. The molecule has 0 aliphatic carbocycles. The largest absolute Gasteiger partial charge is 0.326 e. The van der Waals surface area contributed by atoms with Gasteiger partial charge in [-0.15, -0.1) is 0 Å². The smallest absolute Gasteiger partial charge is 0.155 e. The topological polar surface area (TPSA) is 60.2 Å². The fourth-order valence-corrected chi connectivity index (χ4v) is 2.52. The van der Waals surface area contributed by atoms with Crippen LogP contribution in [0, 0.1) is 0 Å². The van der Waals surface area contributed by atoms with Crippen molar-refractivity contribution < 1.29 is 8.42 Å². The highest BCUT2D eigenvalue weighted by Crippen LogP contribution is 2.17. The van der Waals surface area contributed by atoms with E-state index in [-0.39, 0.29) is 5.75 Å². The van der Waals surface area contributed by atoms with E-state index in [2.05, 4.69) is 0 Å². The second kappa shape index (κ2) is 5.19. The van der Waals surface area contributed by atoms with Crippen molar-refractivity contribution in [2.75, 3.05) is 5.75 Å². The zero-order chi connectivity index (χ0) is 13.1. The Hall–Kier alpha value is -0.870. The van der Waals surface area contributed by atoms with Gasteiger partial charge < -0.3 is 5.73 Å². The highest BCUT2D eigenvalue weighted by molar-refractivity contribution is 7.92. The monoisotopic (exact) mass is 255 g/mol. The summed E-state index contributed by atoms with van der Waals surface area (Å²) in [6.07, 6.45) is 0.560. The zero-order valence-corrected chi connectivity index (χ0v) is 11.5. The Labute approximate surface area is 104 Å². The molecule has 0 aliphatic rings. The van der Waals surface area contributed by atoms with Gasteiger partial charge in [-0.25, -0.2) is 8.42 Å². The van der Waals surface area contributed by atoms with E-state index in [0.717, 1.165) is 11.1 Å². The van der Waals surface area contributed by atoms with Crippen LogP contribution in [-0.4, -0.2) is 18.9 Å². The first kappa shape index (κ1) is 14.2. The molecule has 17 heavy (non-hydrogen) atoms. The lowest BCUT2D eigenvalue weighted by Crippen LogP contribution is -2.31. The molecule has 0 fully saturated rings. The predicted molar refractivity (Wildman–Crippen MR) is 71.6 cm³/mol. The molecule has 1 aromatic carbocycles. The fraction of sp³-hybridized carbons (Fsp3) is 0.538. The SMILES string of the molecule is CC(C)(C)S(=O)(=O)CCc1ccc(CN)cc1. The van der Waals surface area contributed by atoms with Gasteiger partial charge in [0.15, 0.2) is 9.84 Å². The van der Waals surface area contributed by atoms with Crippen LogP contribution in [0.5, 0.6) is 0 Å². The third-order valence-electron chi connectivity index (χ3n) is 2.85. The fourth-order valence-electron chi connectivity index (χ4n) is 1.40. The van der Waals surface area contributed by atoms with Gasteiger partial charge in [0.1, 0.15) is 0 Å². The average Bonchev–Trinajstić information content (AvgIpc) is 2.25. The van der Waals surface area contributed by atoms with Crippen LogP contribution in [0.3, 0.4) is 0 Å². The highest BCUT2D eigenvalue weighted by Gasteiger charge is 2.28. The summed E-state index contributed by atoms with van der Waals surface area (Å²) < 4.78 is 23.2. The van der Waals surface area contributed by atoms with Crippen LogP contribution >= 0.6 is 0 Å². The zero-order valence-electron chi connectivity index (χ0n) is 10.7.